The maximum atomic E-state index is 5.16. The number of hydrogen-bond acceptors (Lipinski definition) is 6. The summed E-state index contributed by atoms with van der Waals surface area (Å²) < 4.78 is 4.33. The summed E-state index contributed by atoms with van der Waals surface area (Å²) in [5, 5.41) is 4.38. The van der Waals surface area contributed by atoms with Gasteiger partial charge < -0.3 is 9.47 Å². The van der Waals surface area contributed by atoms with E-state index in [0.717, 1.165) is 57.3 Å². The summed E-state index contributed by atoms with van der Waals surface area (Å²) >= 11 is 0. The second-order valence-corrected chi connectivity index (χ2v) is 9.40. The first kappa shape index (κ1) is 20.2. The van der Waals surface area contributed by atoms with Gasteiger partial charge in [0.2, 0.25) is 5.95 Å². The van der Waals surface area contributed by atoms with Crippen LogP contribution in [0.2, 0.25) is 0 Å². The van der Waals surface area contributed by atoms with Crippen molar-refractivity contribution in [3.05, 3.63) is 53.6 Å². The summed E-state index contributed by atoms with van der Waals surface area (Å²) in [7, 11) is 1.98. The third-order valence-electron chi connectivity index (χ3n) is 6.82. The number of anilines is 1. The van der Waals surface area contributed by atoms with Crippen molar-refractivity contribution >= 4 is 5.95 Å². The minimum Gasteiger partial charge on any atom is -0.341 e. The largest absolute Gasteiger partial charge is 0.341 e. The average molecular weight is 421 g/mol. The number of fused-ring (bicyclic) bond motifs is 2. The standard InChI is InChI=1S/C23H32N8/c1-17(2)31-18(3)27-21-20(31)15-29(14-19-12-26-28(4)13-19)16-23(21)6-10-30(11-7-23)22-24-8-5-9-25-22/h5,8-9,12-13,17H,6-7,10-11,14-16H2,1-4H3. The summed E-state index contributed by atoms with van der Waals surface area (Å²) in [6.45, 7) is 11.5. The van der Waals surface area contributed by atoms with Crippen LogP contribution in [-0.2, 0) is 25.6 Å². The van der Waals surface area contributed by atoms with Crippen LogP contribution >= 0.6 is 0 Å². The molecule has 8 heteroatoms. The van der Waals surface area contributed by atoms with Crippen LogP contribution in [0.25, 0.3) is 0 Å². The van der Waals surface area contributed by atoms with E-state index in [0.29, 0.717) is 6.04 Å². The molecule has 0 radical (unpaired) electrons. The van der Waals surface area contributed by atoms with E-state index in [9.17, 15) is 0 Å². The molecule has 1 fully saturated rings. The lowest BCUT2D eigenvalue weighted by molar-refractivity contribution is 0.138. The second-order valence-electron chi connectivity index (χ2n) is 9.40. The Hall–Kier alpha value is -2.74. The van der Waals surface area contributed by atoms with E-state index in [4.69, 9.17) is 4.98 Å². The van der Waals surface area contributed by atoms with Gasteiger partial charge in [-0.1, -0.05) is 0 Å². The molecule has 0 unspecified atom stereocenters. The molecule has 3 aromatic heterocycles. The second kappa shape index (κ2) is 7.75. The van der Waals surface area contributed by atoms with Gasteiger partial charge in [-0.3, -0.25) is 9.58 Å². The molecule has 0 atom stereocenters. The van der Waals surface area contributed by atoms with E-state index in [1.165, 1.54) is 17.0 Å². The first-order valence-corrected chi connectivity index (χ1v) is 11.3. The van der Waals surface area contributed by atoms with Crippen molar-refractivity contribution in [1.82, 2.24) is 34.2 Å². The minimum absolute atomic E-state index is 0.0754. The molecular weight excluding hydrogens is 388 g/mol. The molecule has 31 heavy (non-hydrogen) atoms. The number of rotatable bonds is 4. The van der Waals surface area contributed by atoms with Crippen molar-refractivity contribution in [3.8, 4) is 0 Å². The molecule has 1 saturated heterocycles. The van der Waals surface area contributed by atoms with E-state index in [2.05, 4.69) is 56.4 Å². The molecule has 0 amide bonds. The predicted octanol–water partition coefficient (Wildman–Crippen LogP) is 2.85. The summed E-state index contributed by atoms with van der Waals surface area (Å²) in [5.41, 5.74) is 4.07. The molecule has 1 spiro atoms. The molecule has 0 N–H and O–H groups in total. The highest BCUT2D eigenvalue weighted by Gasteiger charge is 2.45. The average Bonchev–Trinajstić information content (AvgIpc) is 3.32. The van der Waals surface area contributed by atoms with Crippen LogP contribution in [-0.4, -0.2) is 53.8 Å². The van der Waals surface area contributed by atoms with Gasteiger partial charge in [0.05, 0.1) is 17.6 Å². The number of nitrogens with zero attached hydrogens (tertiary/aromatic N) is 8. The van der Waals surface area contributed by atoms with Crippen molar-refractivity contribution < 1.29 is 0 Å². The molecule has 164 valence electrons. The maximum absolute atomic E-state index is 5.16. The van der Waals surface area contributed by atoms with Gasteiger partial charge in [0, 0.05) is 75.4 Å². The molecule has 3 aromatic rings. The molecule has 8 nitrogen and oxygen atoms in total. The lowest BCUT2D eigenvalue weighted by atomic mass is 9.72. The molecule has 2 aliphatic rings. The smallest absolute Gasteiger partial charge is 0.225 e. The first-order chi connectivity index (χ1) is 14.9. The molecule has 5 heterocycles. The van der Waals surface area contributed by atoms with Gasteiger partial charge in [-0.2, -0.15) is 5.10 Å². The summed E-state index contributed by atoms with van der Waals surface area (Å²) in [6.07, 6.45) is 9.90. The van der Waals surface area contributed by atoms with E-state index >= 15 is 0 Å². The number of piperidine rings is 1. The van der Waals surface area contributed by atoms with Crippen molar-refractivity contribution in [1.29, 1.82) is 0 Å². The number of aromatic nitrogens is 6. The van der Waals surface area contributed by atoms with Crippen LogP contribution < -0.4 is 4.90 Å². The molecule has 2 aliphatic heterocycles. The normalized spacial score (nSPS) is 18.7. The molecule has 0 saturated carbocycles. The van der Waals surface area contributed by atoms with Gasteiger partial charge in [-0.25, -0.2) is 15.0 Å². The summed E-state index contributed by atoms with van der Waals surface area (Å²) in [5.74, 6) is 1.97. The SMILES string of the molecule is Cc1nc2c(n1C(C)C)CN(Cc1cnn(C)c1)CC21CCN(c2ncccn2)CC1. The maximum Gasteiger partial charge on any atom is 0.225 e. The minimum atomic E-state index is 0.0754. The Kier molecular flexibility index (Phi) is 5.04. The fourth-order valence-electron chi connectivity index (χ4n) is 5.53. The number of imidazole rings is 1. The Balaban J connectivity index is 1.47. The third-order valence-corrected chi connectivity index (χ3v) is 6.82. The molecular formula is C23H32N8. The Labute approximate surface area is 183 Å². The number of aryl methyl sites for hydroxylation is 2. The van der Waals surface area contributed by atoms with Crippen molar-refractivity contribution in [2.75, 3.05) is 24.5 Å². The fraction of sp³-hybridized carbons (Fsp3) is 0.565. The third kappa shape index (κ3) is 3.63. The first-order valence-electron chi connectivity index (χ1n) is 11.3. The lowest BCUT2D eigenvalue weighted by Gasteiger charge is -2.47. The van der Waals surface area contributed by atoms with Gasteiger partial charge in [0.15, 0.2) is 0 Å². The monoisotopic (exact) mass is 420 g/mol. The van der Waals surface area contributed by atoms with Gasteiger partial charge in [-0.15, -0.1) is 0 Å². The van der Waals surface area contributed by atoms with Crippen LogP contribution in [0.3, 0.4) is 0 Å². The molecule has 0 bridgehead atoms. The van der Waals surface area contributed by atoms with E-state index < -0.39 is 0 Å². The predicted molar refractivity (Wildman–Crippen MR) is 120 cm³/mol. The highest BCUT2D eigenvalue weighted by Crippen LogP contribution is 2.43. The fourth-order valence-corrected chi connectivity index (χ4v) is 5.53. The topological polar surface area (TPSA) is 67.9 Å². The van der Waals surface area contributed by atoms with Crippen LogP contribution in [0, 0.1) is 6.92 Å². The zero-order valence-electron chi connectivity index (χ0n) is 19.0. The zero-order valence-corrected chi connectivity index (χ0v) is 19.0. The van der Waals surface area contributed by atoms with Crippen molar-refractivity contribution in [2.45, 2.75) is 58.2 Å². The Morgan fingerprint density at radius 3 is 2.52 bits per heavy atom. The van der Waals surface area contributed by atoms with Crippen molar-refractivity contribution in [2.24, 2.45) is 7.05 Å². The van der Waals surface area contributed by atoms with Gasteiger partial charge in [-0.05, 0) is 39.7 Å². The Bertz CT molecular complexity index is 1040. The zero-order chi connectivity index (χ0) is 21.6. The summed E-state index contributed by atoms with van der Waals surface area (Å²) in [4.78, 5) is 19.0. The van der Waals surface area contributed by atoms with E-state index in [1.807, 2.05) is 36.4 Å². The quantitative estimate of drug-likeness (QED) is 0.647. The van der Waals surface area contributed by atoms with Gasteiger partial charge >= 0.3 is 0 Å². The number of hydrogen-bond donors (Lipinski definition) is 0. The van der Waals surface area contributed by atoms with E-state index in [-0.39, 0.29) is 5.41 Å². The highest BCUT2D eigenvalue weighted by molar-refractivity contribution is 5.36. The molecule has 0 aliphatic carbocycles. The van der Waals surface area contributed by atoms with Gasteiger partial charge in [0.1, 0.15) is 5.82 Å². The van der Waals surface area contributed by atoms with Gasteiger partial charge in [0.25, 0.3) is 0 Å². The molecule has 5 rings (SSSR count). The van der Waals surface area contributed by atoms with Crippen LogP contribution in [0.15, 0.2) is 30.9 Å². The Morgan fingerprint density at radius 1 is 1.13 bits per heavy atom. The lowest BCUT2D eigenvalue weighted by Crippen LogP contribution is -2.52. The van der Waals surface area contributed by atoms with Crippen molar-refractivity contribution in [3.63, 3.8) is 0 Å². The van der Waals surface area contributed by atoms with E-state index in [1.54, 1.807) is 0 Å². The van der Waals surface area contributed by atoms with Crippen LogP contribution in [0.4, 0.5) is 5.95 Å². The highest BCUT2D eigenvalue weighted by atomic mass is 15.3. The van der Waals surface area contributed by atoms with Crippen LogP contribution in [0.5, 0.6) is 0 Å². The Morgan fingerprint density at radius 2 is 1.87 bits per heavy atom. The molecule has 0 aromatic carbocycles. The summed E-state index contributed by atoms with van der Waals surface area (Å²) in [6, 6.07) is 2.28. The van der Waals surface area contributed by atoms with Crippen LogP contribution in [0.1, 0.15) is 55.5 Å².